The summed E-state index contributed by atoms with van der Waals surface area (Å²) in [7, 11) is 0. The van der Waals surface area contributed by atoms with Crippen molar-refractivity contribution >= 4 is 40.7 Å². The first-order valence-electron chi connectivity index (χ1n) is 13.5. The number of hydrogen-bond acceptors (Lipinski definition) is 5. The maximum Gasteiger partial charge on any atom is 0.416 e. The van der Waals surface area contributed by atoms with Crippen molar-refractivity contribution in [1.82, 2.24) is 15.0 Å². The lowest BCUT2D eigenvalue weighted by molar-refractivity contribution is -0.137. The van der Waals surface area contributed by atoms with Crippen LogP contribution in [0.1, 0.15) is 38.9 Å². The second-order valence-corrected chi connectivity index (χ2v) is 11.4. The number of ether oxygens (including phenoxy) is 1. The van der Waals surface area contributed by atoms with E-state index >= 15 is 0 Å². The first kappa shape index (κ1) is 31.3. The van der Waals surface area contributed by atoms with Gasteiger partial charge in [0.2, 0.25) is 0 Å². The fraction of sp³-hybridized carbons (Fsp3) is 0.290. The van der Waals surface area contributed by atoms with Gasteiger partial charge in [-0.2, -0.15) is 13.2 Å². The van der Waals surface area contributed by atoms with Gasteiger partial charge in [-0.05, 0) is 54.4 Å². The van der Waals surface area contributed by atoms with Crippen molar-refractivity contribution in [3.63, 3.8) is 0 Å². The Morgan fingerprint density at radius 2 is 1.58 bits per heavy atom. The van der Waals surface area contributed by atoms with E-state index in [2.05, 4.69) is 10.1 Å². The molecule has 0 aliphatic carbocycles. The molecule has 1 amide bonds. The van der Waals surface area contributed by atoms with Crippen LogP contribution in [0.3, 0.4) is 0 Å². The summed E-state index contributed by atoms with van der Waals surface area (Å²) in [5, 5.41) is 5.41. The van der Waals surface area contributed by atoms with Gasteiger partial charge in [0, 0.05) is 43.3 Å². The molecule has 0 bridgehead atoms. The number of nitrogens with zero attached hydrogens (tertiary/aromatic N) is 3. The van der Waals surface area contributed by atoms with Gasteiger partial charge in [-0.15, -0.1) is 0 Å². The molecule has 1 aliphatic heterocycles. The van der Waals surface area contributed by atoms with Gasteiger partial charge in [-0.1, -0.05) is 70.3 Å². The van der Waals surface area contributed by atoms with Crippen LogP contribution in [0, 0.1) is 6.92 Å². The van der Waals surface area contributed by atoms with Crippen molar-refractivity contribution in [2.45, 2.75) is 25.8 Å². The molecule has 226 valence electrons. The number of rotatable bonds is 8. The summed E-state index contributed by atoms with van der Waals surface area (Å²) in [6.45, 7) is 4.37. The van der Waals surface area contributed by atoms with E-state index in [1.807, 2.05) is 12.1 Å². The Hall–Kier alpha value is -3.08. The molecule has 1 atom stereocenters. The van der Waals surface area contributed by atoms with E-state index in [1.54, 1.807) is 42.2 Å². The zero-order valence-electron chi connectivity index (χ0n) is 23.0. The zero-order valence-corrected chi connectivity index (χ0v) is 25.3. The summed E-state index contributed by atoms with van der Waals surface area (Å²) in [4.78, 5) is 17.6. The van der Waals surface area contributed by atoms with Gasteiger partial charge in [-0.25, -0.2) is 0 Å². The number of carbonyl (C=O) groups excluding carboxylic acids is 1. The lowest BCUT2D eigenvalue weighted by atomic mass is 10.0. The maximum absolute atomic E-state index is 13.6. The molecule has 12 heteroatoms. The molecule has 1 fully saturated rings. The molecule has 1 aliphatic rings. The summed E-state index contributed by atoms with van der Waals surface area (Å²) < 4.78 is 50.5. The number of carbonyl (C=O) groups is 1. The number of alkyl halides is 3. The van der Waals surface area contributed by atoms with E-state index in [9.17, 15) is 18.0 Å². The number of hydrogen-bond donors (Lipinski definition) is 0. The highest BCUT2D eigenvalue weighted by Crippen LogP contribution is 2.37. The molecule has 5 rings (SSSR count). The first-order valence-corrected chi connectivity index (χ1v) is 14.6. The second kappa shape index (κ2) is 13.3. The second-order valence-electron chi connectivity index (χ2n) is 10.2. The van der Waals surface area contributed by atoms with Gasteiger partial charge < -0.3 is 14.2 Å². The summed E-state index contributed by atoms with van der Waals surface area (Å²) in [6, 6.07) is 17.3. The van der Waals surface area contributed by atoms with Crippen LogP contribution in [0.15, 0.2) is 71.3 Å². The van der Waals surface area contributed by atoms with Gasteiger partial charge in [0.25, 0.3) is 5.91 Å². The monoisotopic (exact) mass is 651 g/mol. The average molecular weight is 653 g/mol. The minimum absolute atomic E-state index is 0.129. The summed E-state index contributed by atoms with van der Waals surface area (Å²) >= 11 is 18.9. The molecule has 0 N–H and O–H groups in total. The number of aromatic nitrogens is 1. The number of amides is 1. The molecule has 0 spiro atoms. The zero-order chi connectivity index (χ0) is 30.7. The number of halogens is 6. The lowest BCUT2D eigenvalue weighted by Crippen LogP contribution is -2.49. The molecule has 6 nitrogen and oxygen atoms in total. The van der Waals surface area contributed by atoms with Crippen molar-refractivity contribution in [2.24, 2.45) is 0 Å². The summed E-state index contributed by atoms with van der Waals surface area (Å²) in [5.74, 6) is 0.148. The van der Waals surface area contributed by atoms with Crippen molar-refractivity contribution < 1.29 is 27.2 Å². The third-order valence-electron chi connectivity index (χ3n) is 7.33. The fourth-order valence-electron chi connectivity index (χ4n) is 4.96. The predicted octanol–water partition coefficient (Wildman–Crippen LogP) is 8.34. The third-order valence-corrected chi connectivity index (χ3v) is 8.22. The smallest absolute Gasteiger partial charge is 0.368 e. The van der Waals surface area contributed by atoms with E-state index in [-0.39, 0.29) is 18.6 Å². The van der Waals surface area contributed by atoms with Crippen molar-refractivity contribution in [3.8, 4) is 11.3 Å². The van der Waals surface area contributed by atoms with Crippen molar-refractivity contribution in [3.05, 3.63) is 110 Å². The molecule has 1 saturated heterocycles. The number of piperazine rings is 1. The SMILES string of the molecule is Cc1onc(-c2c(Cl)cccc2Cl)c1C(=O)N1CCN(C[C@H](OCc2ccc(C(F)(F)F)cc2)c2ccc(Cl)cc2)CC1. The molecule has 0 saturated carbocycles. The molecule has 0 radical (unpaired) electrons. The fourth-order valence-corrected chi connectivity index (χ4v) is 5.67. The predicted molar refractivity (Wildman–Crippen MR) is 159 cm³/mol. The van der Waals surface area contributed by atoms with Crippen molar-refractivity contribution in [1.29, 1.82) is 0 Å². The average Bonchev–Trinajstić information content (AvgIpc) is 3.36. The Bertz CT molecular complexity index is 1550. The Morgan fingerprint density at radius 1 is 0.953 bits per heavy atom. The Labute approximate surface area is 261 Å². The van der Waals surface area contributed by atoms with Crippen LogP contribution in [0.2, 0.25) is 15.1 Å². The highest BCUT2D eigenvalue weighted by Gasteiger charge is 2.32. The van der Waals surface area contributed by atoms with Crippen LogP contribution in [0.5, 0.6) is 0 Å². The van der Waals surface area contributed by atoms with E-state index < -0.39 is 11.7 Å². The number of benzene rings is 3. The standard InChI is InChI=1S/C31H27Cl3F3N3O3/c1-19-27(29(38-43-19)28-24(33)3-2-4-25(28)34)30(41)40-15-13-39(14-16-40)17-26(21-7-11-23(32)12-8-21)42-18-20-5-9-22(10-6-20)31(35,36)37/h2-12,26H,13-18H2,1H3/t26-/m0/s1. The van der Waals surface area contributed by atoms with Gasteiger partial charge in [0.05, 0.1) is 28.3 Å². The number of aryl methyl sites for hydroxylation is 1. The van der Waals surface area contributed by atoms with Crippen LogP contribution in [0.4, 0.5) is 13.2 Å². The third kappa shape index (κ3) is 7.36. The maximum atomic E-state index is 13.6. The van der Waals surface area contributed by atoms with E-state index in [1.165, 1.54) is 12.1 Å². The molecule has 2 heterocycles. The molecule has 3 aromatic carbocycles. The van der Waals surface area contributed by atoms with Gasteiger partial charge in [0.1, 0.15) is 17.0 Å². The van der Waals surface area contributed by atoms with Gasteiger partial charge >= 0.3 is 6.18 Å². The molecule has 0 unspecified atom stereocenters. The van der Waals surface area contributed by atoms with Crippen LogP contribution in [-0.4, -0.2) is 53.6 Å². The largest absolute Gasteiger partial charge is 0.416 e. The minimum atomic E-state index is -4.40. The minimum Gasteiger partial charge on any atom is -0.368 e. The molecular formula is C31H27Cl3F3N3O3. The molecular weight excluding hydrogens is 626 g/mol. The van der Waals surface area contributed by atoms with Gasteiger partial charge in [0.15, 0.2) is 0 Å². The summed E-state index contributed by atoms with van der Waals surface area (Å²) in [5.41, 5.74) is 1.88. The normalized spacial score (nSPS) is 15.1. The Kier molecular flexibility index (Phi) is 9.68. The van der Waals surface area contributed by atoms with Crippen molar-refractivity contribution in [2.75, 3.05) is 32.7 Å². The van der Waals surface area contributed by atoms with E-state index in [0.29, 0.717) is 75.9 Å². The van der Waals surface area contributed by atoms with Crippen LogP contribution in [0.25, 0.3) is 11.3 Å². The molecule has 1 aromatic heterocycles. The van der Waals surface area contributed by atoms with Crippen LogP contribution >= 0.6 is 34.8 Å². The molecule has 43 heavy (non-hydrogen) atoms. The first-order chi connectivity index (χ1) is 20.5. The van der Waals surface area contributed by atoms with Gasteiger partial charge in [-0.3, -0.25) is 9.69 Å². The lowest BCUT2D eigenvalue weighted by Gasteiger charge is -2.36. The van der Waals surface area contributed by atoms with E-state index in [0.717, 1.165) is 17.7 Å². The molecule has 4 aromatic rings. The highest BCUT2D eigenvalue weighted by molar-refractivity contribution is 6.39. The quantitative estimate of drug-likeness (QED) is 0.192. The van der Waals surface area contributed by atoms with Crippen LogP contribution < -0.4 is 0 Å². The topological polar surface area (TPSA) is 58.8 Å². The Balaban J connectivity index is 1.26. The highest BCUT2D eigenvalue weighted by atomic mass is 35.5. The van der Waals surface area contributed by atoms with E-state index in [4.69, 9.17) is 44.1 Å². The Morgan fingerprint density at radius 3 is 2.19 bits per heavy atom. The van der Waals surface area contributed by atoms with Crippen LogP contribution in [-0.2, 0) is 17.5 Å². The summed E-state index contributed by atoms with van der Waals surface area (Å²) in [6.07, 6.45) is -4.78.